The maximum Gasteiger partial charge on any atom is 0.270 e. The Kier molecular flexibility index (Phi) is 5.03. The summed E-state index contributed by atoms with van der Waals surface area (Å²) in [5.41, 5.74) is 4.56. The zero-order valence-corrected chi connectivity index (χ0v) is 18.6. The van der Waals surface area contributed by atoms with E-state index in [-0.39, 0.29) is 5.91 Å². The van der Waals surface area contributed by atoms with Gasteiger partial charge in [-0.3, -0.25) is 9.80 Å². The van der Waals surface area contributed by atoms with Crippen LogP contribution in [0, 0.1) is 19.8 Å². The van der Waals surface area contributed by atoms with Crippen molar-refractivity contribution >= 4 is 27.5 Å². The smallest absolute Gasteiger partial charge is 0.270 e. The van der Waals surface area contributed by atoms with Crippen LogP contribution in [0.2, 0.25) is 0 Å². The summed E-state index contributed by atoms with van der Waals surface area (Å²) in [5.74, 6) is 0.379. The van der Waals surface area contributed by atoms with Crippen LogP contribution in [0.4, 0.5) is 0 Å². The van der Waals surface area contributed by atoms with Crippen molar-refractivity contribution in [2.75, 3.05) is 13.1 Å². The Bertz CT molecular complexity index is 1250. The number of hydrogen-bond acceptors (Lipinski definition) is 6. The Hall–Kier alpha value is -3.10. The summed E-state index contributed by atoms with van der Waals surface area (Å²) in [6.45, 7) is 8.42. The van der Waals surface area contributed by atoms with E-state index in [2.05, 4.69) is 45.3 Å². The van der Waals surface area contributed by atoms with Crippen molar-refractivity contribution in [1.29, 1.82) is 0 Å². The first-order valence-corrected chi connectivity index (χ1v) is 11.2. The van der Waals surface area contributed by atoms with Crippen LogP contribution in [-0.2, 0) is 6.54 Å². The molecule has 4 aromatic rings. The number of rotatable bonds is 4. The zero-order valence-electron chi connectivity index (χ0n) is 17.8. The Morgan fingerprint density at radius 3 is 2.71 bits per heavy atom. The summed E-state index contributed by atoms with van der Waals surface area (Å²) in [6, 6.07) is 12.2. The van der Waals surface area contributed by atoms with Crippen LogP contribution in [0.1, 0.15) is 33.4 Å². The number of amides is 1. The fraction of sp³-hybridized carbons (Fsp3) is 0.304. The first kappa shape index (κ1) is 19.8. The minimum Gasteiger partial charge on any atom is -0.271 e. The van der Waals surface area contributed by atoms with E-state index in [0.717, 1.165) is 22.6 Å². The molecule has 0 bridgehead atoms. The van der Waals surface area contributed by atoms with Crippen molar-refractivity contribution < 1.29 is 4.79 Å². The number of hydrazine groups is 1. The van der Waals surface area contributed by atoms with Gasteiger partial charge in [0, 0.05) is 19.6 Å². The SMILES string of the molecule is Cc1ccc(-n2nccn2)c(C(=O)N2CC(C)CN2Cc2ccc3nc(C)sc3c2)c1. The van der Waals surface area contributed by atoms with E-state index in [9.17, 15) is 4.79 Å². The van der Waals surface area contributed by atoms with Crippen LogP contribution in [0.25, 0.3) is 15.9 Å². The highest BCUT2D eigenvalue weighted by Gasteiger charge is 2.33. The Morgan fingerprint density at radius 1 is 1.10 bits per heavy atom. The minimum absolute atomic E-state index is 0.0185. The predicted octanol–water partition coefficient (Wildman–Crippen LogP) is 4.00. The molecule has 1 fully saturated rings. The average Bonchev–Trinajstić information content (AvgIpc) is 3.47. The summed E-state index contributed by atoms with van der Waals surface area (Å²) < 4.78 is 1.19. The topological polar surface area (TPSA) is 67.2 Å². The van der Waals surface area contributed by atoms with Crippen LogP contribution in [0.5, 0.6) is 0 Å². The fourth-order valence-electron chi connectivity index (χ4n) is 4.16. The van der Waals surface area contributed by atoms with Gasteiger partial charge in [-0.25, -0.2) is 9.99 Å². The minimum atomic E-state index is -0.0185. The van der Waals surface area contributed by atoms with Crippen molar-refractivity contribution in [2.45, 2.75) is 27.3 Å². The second-order valence-corrected chi connectivity index (χ2v) is 9.45. The first-order chi connectivity index (χ1) is 15.0. The van der Waals surface area contributed by atoms with Gasteiger partial charge in [-0.15, -0.1) is 11.3 Å². The summed E-state index contributed by atoms with van der Waals surface area (Å²) in [7, 11) is 0. The third kappa shape index (κ3) is 3.84. The van der Waals surface area contributed by atoms with Gasteiger partial charge in [0.25, 0.3) is 5.91 Å². The molecule has 0 saturated carbocycles. The van der Waals surface area contributed by atoms with E-state index in [0.29, 0.717) is 30.3 Å². The third-order valence-corrected chi connectivity index (χ3v) is 6.46. The summed E-state index contributed by atoms with van der Waals surface area (Å²) in [4.78, 5) is 19.7. The van der Waals surface area contributed by atoms with Crippen molar-refractivity contribution in [1.82, 2.24) is 30.0 Å². The van der Waals surface area contributed by atoms with Crippen LogP contribution < -0.4 is 0 Å². The average molecular weight is 433 g/mol. The van der Waals surface area contributed by atoms with Crippen molar-refractivity contribution in [2.24, 2.45) is 5.92 Å². The molecule has 31 heavy (non-hydrogen) atoms. The number of hydrogen-bond donors (Lipinski definition) is 0. The number of fused-ring (bicyclic) bond motifs is 1. The van der Waals surface area contributed by atoms with Gasteiger partial charge in [0.15, 0.2) is 0 Å². The maximum absolute atomic E-state index is 13.7. The molecule has 1 atom stereocenters. The molecule has 3 heterocycles. The molecule has 1 aliphatic heterocycles. The Morgan fingerprint density at radius 2 is 1.90 bits per heavy atom. The predicted molar refractivity (Wildman–Crippen MR) is 121 cm³/mol. The van der Waals surface area contributed by atoms with Crippen molar-refractivity contribution in [3.8, 4) is 5.69 Å². The normalized spacial score (nSPS) is 17.0. The molecule has 0 aliphatic carbocycles. The molecular formula is C23H24N6OS. The van der Waals surface area contributed by atoms with Gasteiger partial charge < -0.3 is 0 Å². The molecule has 2 aromatic heterocycles. The molecule has 1 aliphatic rings. The second kappa shape index (κ2) is 7.86. The number of aromatic nitrogens is 4. The molecule has 5 rings (SSSR count). The number of benzene rings is 2. The maximum atomic E-state index is 13.7. The molecule has 0 spiro atoms. The number of carbonyl (C=O) groups excluding carboxylic acids is 1. The van der Waals surface area contributed by atoms with Crippen molar-refractivity contribution in [3.05, 3.63) is 70.5 Å². The molecule has 7 nitrogen and oxygen atoms in total. The van der Waals surface area contributed by atoms with E-state index in [1.165, 1.54) is 15.1 Å². The van der Waals surface area contributed by atoms with E-state index < -0.39 is 0 Å². The van der Waals surface area contributed by atoms with Crippen LogP contribution in [0.3, 0.4) is 0 Å². The highest BCUT2D eigenvalue weighted by Crippen LogP contribution is 2.27. The lowest BCUT2D eigenvalue weighted by molar-refractivity contribution is 0.0170. The summed E-state index contributed by atoms with van der Waals surface area (Å²) in [5, 5.41) is 13.6. The first-order valence-electron chi connectivity index (χ1n) is 10.4. The molecular weight excluding hydrogens is 408 g/mol. The van der Waals surface area contributed by atoms with Gasteiger partial charge in [0.1, 0.15) is 0 Å². The van der Waals surface area contributed by atoms with Gasteiger partial charge in [0.05, 0.1) is 38.9 Å². The highest BCUT2D eigenvalue weighted by molar-refractivity contribution is 7.18. The molecule has 1 amide bonds. The number of thiazole rings is 1. The lowest BCUT2D eigenvalue weighted by Gasteiger charge is -2.28. The number of aryl methyl sites for hydroxylation is 2. The van der Waals surface area contributed by atoms with Gasteiger partial charge in [-0.2, -0.15) is 15.0 Å². The standard InChI is InChI=1S/C23H24N6OS/c1-15-4-7-21(29-24-8-9-25-29)19(10-15)23(30)28-13-16(2)12-27(28)14-18-5-6-20-22(11-18)31-17(3)26-20/h4-11,16H,12-14H2,1-3H3. The zero-order chi connectivity index (χ0) is 21.5. The second-order valence-electron chi connectivity index (χ2n) is 8.21. The monoisotopic (exact) mass is 432 g/mol. The molecule has 0 radical (unpaired) electrons. The third-order valence-electron chi connectivity index (χ3n) is 5.52. The van der Waals surface area contributed by atoms with Gasteiger partial charge in [-0.05, 0) is 49.6 Å². The molecule has 2 aromatic carbocycles. The molecule has 0 N–H and O–H groups in total. The van der Waals surface area contributed by atoms with Gasteiger partial charge in [-0.1, -0.05) is 24.6 Å². The number of carbonyl (C=O) groups is 1. The van der Waals surface area contributed by atoms with Crippen LogP contribution >= 0.6 is 11.3 Å². The van der Waals surface area contributed by atoms with Crippen LogP contribution in [0.15, 0.2) is 48.8 Å². The van der Waals surface area contributed by atoms with Crippen molar-refractivity contribution in [3.63, 3.8) is 0 Å². The van der Waals surface area contributed by atoms with E-state index in [1.54, 1.807) is 23.7 Å². The number of nitrogens with zero attached hydrogens (tertiary/aromatic N) is 6. The van der Waals surface area contributed by atoms with E-state index >= 15 is 0 Å². The highest BCUT2D eigenvalue weighted by atomic mass is 32.1. The lowest BCUT2D eigenvalue weighted by atomic mass is 10.1. The Balaban J connectivity index is 1.46. The largest absolute Gasteiger partial charge is 0.271 e. The summed E-state index contributed by atoms with van der Waals surface area (Å²) in [6.07, 6.45) is 3.24. The van der Waals surface area contributed by atoms with Gasteiger partial charge in [0.2, 0.25) is 0 Å². The molecule has 1 saturated heterocycles. The molecule has 158 valence electrons. The van der Waals surface area contributed by atoms with E-state index in [4.69, 9.17) is 0 Å². The Labute approximate surface area is 184 Å². The molecule has 8 heteroatoms. The molecule has 1 unspecified atom stereocenters. The quantitative estimate of drug-likeness (QED) is 0.488. The fourth-order valence-corrected chi connectivity index (χ4v) is 5.05. The van der Waals surface area contributed by atoms with Crippen LogP contribution in [-0.4, -0.2) is 49.0 Å². The summed E-state index contributed by atoms with van der Waals surface area (Å²) >= 11 is 1.70. The lowest BCUT2D eigenvalue weighted by Crippen LogP contribution is -2.41. The van der Waals surface area contributed by atoms with E-state index in [1.807, 2.05) is 37.1 Å². The van der Waals surface area contributed by atoms with Gasteiger partial charge >= 0.3 is 0 Å².